The van der Waals surface area contributed by atoms with Crippen LogP contribution in [0, 0.1) is 6.92 Å². The van der Waals surface area contributed by atoms with Crippen LogP contribution < -0.4 is 10.0 Å². The van der Waals surface area contributed by atoms with Gasteiger partial charge in [0.1, 0.15) is 0 Å². The Hall–Kier alpha value is -2.72. The summed E-state index contributed by atoms with van der Waals surface area (Å²) in [5.41, 5.74) is 0.736. The van der Waals surface area contributed by atoms with Crippen LogP contribution in [0.2, 0.25) is 0 Å². The highest BCUT2D eigenvalue weighted by atomic mass is 32.2. The van der Waals surface area contributed by atoms with E-state index in [0.29, 0.717) is 5.56 Å². The highest BCUT2D eigenvalue weighted by Gasteiger charge is 2.16. The fraction of sp³-hybridized carbons (Fsp3) is 0.312. The summed E-state index contributed by atoms with van der Waals surface area (Å²) in [4.78, 5) is 34.3. The molecule has 0 heterocycles. The van der Waals surface area contributed by atoms with Crippen molar-refractivity contribution in [2.24, 2.45) is 0 Å². The van der Waals surface area contributed by atoms with Crippen LogP contribution in [0.15, 0.2) is 35.2 Å². The Morgan fingerprint density at radius 2 is 1.73 bits per heavy atom. The van der Waals surface area contributed by atoms with Crippen molar-refractivity contribution in [3.63, 3.8) is 0 Å². The summed E-state index contributed by atoms with van der Waals surface area (Å²) >= 11 is 0. The van der Waals surface area contributed by atoms with E-state index in [9.17, 15) is 22.8 Å². The third-order valence-corrected chi connectivity index (χ3v) is 4.57. The van der Waals surface area contributed by atoms with Crippen molar-refractivity contribution in [1.82, 2.24) is 4.72 Å². The third-order valence-electron chi connectivity index (χ3n) is 3.02. The van der Waals surface area contributed by atoms with Crippen molar-refractivity contribution in [2.45, 2.75) is 18.7 Å². The van der Waals surface area contributed by atoms with E-state index < -0.39 is 34.5 Å². The number of esters is 2. The van der Waals surface area contributed by atoms with Crippen molar-refractivity contribution in [1.29, 1.82) is 0 Å². The first-order chi connectivity index (χ1) is 12.2. The topological polar surface area (TPSA) is 128 Å². The lowest BCUT2D eigenvalue weighted by atomic mass is 10.2. The maximum absolute atomic E-state index is 11.9. The predicted octanol–water partition coefficient (Wildman–Crippen LogP) is 0.504. The molecule has 10 heteroatoms. The number of aryl methyl sites for hydroxylation is 1. The van der Waals surface area contributed by atoms with Crippen LogP contribution in [0.5, 0.6) is 0 Å². The Morgan fingerprint density at radius 3 is 2.31 bits per heavy atom. The van der Waals surface area contributed by atoms with Gasteiger partial charge in [-0.3, -0.25) is 4.79 Å². The van der Waals surface area contributed by atoms with E-state index in [1.807, 2.05) is 0 Å². The zero-order chi connectivity index (χ0) is 19.7. The minimum Gasteiger partial charge on any atom is -0.463 e. The molecule has 0 aliphatic rings. The summed E-state index contributed by atoms with van der Waals surface area (Å²) in [7, 11) is -2.39. The Labute approximate surface area is 151 Å². The van der Waals surface area contributed by atoms with Gasteiger partial charge in [0.15, 0.2) is 6.61 Å². The molecule has 1 aromatic rings. The van der Waals surface area contributed by atoms with Gasteiger partial charge in [-0.2, -0.15) is 0 Å². The molecule has 1 rings (SSSR count). The molecule has 0 saturated carbocycles. The first-order valence-electron chi connectivity index (χ1n) is 7.55. The zero-order valence-corrected chi connectivity index (χ0v) is 15.4. The number of nitrogens with one attached hydrogen (secondary N) is 2. The molecule has 0 aromatic heterocycles. The second-order valence-electron chi connectivity index (χ2n) is 4.93. The van der Waals surface area contributed by atoms with Gasteiger partial charge >= 0.3 is 11.9 Å². The first kappa shape index (κ1) is 21.3. The van der Waals surface area contributed by atoms with Gasteiger partial charge in [0.25, 0.3) is 5.91 Å². The molecular formula is C16H20N2O7S. The lowest BCUT2D eigenvalue weighted by Gasteiger charge is -2.10. The number of ether oxygens (including phenoxy) is 2. The summed E-state index contributed by atoms with van der Waals surface area (Å²) in [6.45, 7) is 2.80. The van der Waals surface area contributed by atoms with Gasteiger partial charge in [0.05, 0.1) is 11.5 Å². The van der Waals surface area contributed by atoms with E-state index >= 15 is 0 Å². The van der Waals surface area contributed by atoms with Crippen LogP contribution in [-0.4, -0.2) is 46.5 Å². The van der Waals surface area contributed by atoms with E-state index in [-0.39, 0.29) is 17.2 Å². The Morgan fingerprint density at radius 1 is 1.12 bits per heavy atom. The van der Waals surface area contributed by atoms with Gasteiger partial charge in [-0.15, -0.1) is 0 Å². The minimum absolute atomic E-state index is 0.0205. The molecule has 0 atom stereocenters. The lowest BCUT2D eigenvalue weighted by Crippen LogP contribution is -2.22. The van der Waals surface area contributed by atoms with Crippen molar-refractivity contribution >= 4 is 33.6 Å². The SMILES string of the molecule is CCOC(=O)/C=C/C(=O)OCC(=O)Nc1ccc(C)c(S(=O)(=O)NC)c1. The van der Waals surface area contributed by atoms with E-state index in [0.717, 1.165) is 12.2 Å². The summed E-state index contributed by atoms with van der Waals surface area (Å²) in [6, 6.07) is 4.35. The quantitative estimate of drug-likeness (QED) is 0.493. The molecule has 0 saturated heterocycles. The summed E-state index contributed by atoms with van der Waals surface area (Å²) in [5, 5.41) is 2.42. The average molecular weight is 384 g/mol. The highest BCUT2D eigenvalue weighted by Crippen LogP contribution is 2.19. The van der Waals surface area contributed by atoms with Crippen molar-refractivity contribution in [3.8, 4) is 0 Å². The second kappa shape index (κ2) is 9.68. The standard InChI is InChI=1S/C16H20N2O7S/c1-4-24-15(20)7-8-16(21)25-10-14(19)18-12-6-5-11(2)13(9-12)26(22,23)17-3/h5-9,17H,4,10H2,1-3H3,(H,18,19)/b8-7+. The molecular weight excluding hydrogens is 364 g/mol. The number of benzene rings is 1. The largest absolute Gasteiger partial charge is 0.463 e. The molecule has 0 radical (unpaired) electrons. The maximum Gasteiger partial charge on any atom is 0.331 e. The number of carbonyl (C=O) groups is 3. The molecule has 0 fully saturated rings. The Kier molecular flexibility index (Phi) is 7.94. The second-order valence-corrected chi connectivity index (χ2v) is 6.78. The fourth-order valence-electron chi connectivity index (χ4n) is 1.79. The van der Waals surface area contributed by atoms with E-state index in [1.165, 1.54) is 25.2 Å². The van der Waals surface area contributed by atoms with Crippen LogP contribution in [-0.2, 0) is 33.9 Å². The van der Waals surface area contributed by atoms with Gasteiger partial charge in [-0.05, 0) is 38.6 Å². The van der Waals surface area contributed by atoms with E-state index in [4.69, 9.17) is 0 Å². The lowest BCUT2D eigenvalue weighted by molar-refractivity contribution is -0.143. The van der Waals surface area contributed by atoms with Gasteiger partial charge in [-0.25, -0.2) is 22.7 Å². The molecule has 142 valence electrons. The fourth-order valence-corrected chi connectivity index (χ4v) is 2.78. The summed E-state index contributed by atoms with van der Waals surface area (Å²) in [6.07, 6.45) is 1.73. The molecule has 26 heavy (non-hydrogen) atoms. The Balaban J connectivity index is 2.65. The van der Waals surface area contributed by atoms with Crippen molar-refractivity contribution in [3.05, 3.63) is 35.9 Å². The molecule has 0 aliphatic carbocycles. The highest BCUT2D eigenvalue weighted by molar-refractivity contribution is 7.89. The minimum atomic E-state index is -3.67. The van der Waals surface area contributed by atoms with Crippen LogP contribution in [0.4, 0.5) is 5.69 Å². The van der Waals surface area contributed by atoms with Crippen LogP contribution >= 0.6 is 0 Å². The molecule has 1 aromatic carbocycles. The van der Waals surface area contributed by atoms with Gasteiger partial charge in [0.2, 0.25) is 10.0 Å². The predicted molar refractivity (Wildman–Crippen MR) is 92.8 cm³/mol. The van der Waals surface area contributed by atoms with Gasteiger partial charge in [-0.1, -0.05) is 6.07 Å². The number of hydrogen-bond donors (Lipinski definition) is 2. The van der Waals surface area contributed by atoms with Gasteiger partial charge in [0, 0.05) is 17.8 Å². The zero-order valence-electron chi connectivity index (χ0n) is 14.6. The molecule has 0 spiro atoms. The number of amides is 1. The number of anilines is 1. The summed E-state index contributed by atoms with van der Waals surface area (Å²) in [5.74, 6) is -2.26. The van der Waals surface area contributed by atoms with E-state index in [2.05, 4.69) is 19.5 Å². The third kappa shape index (κ3) is 6.65. The van der Waals surface area contributed by atoms with Crippen LogP contribution in [0.25, 0.3) is 0 Å². The van der Waals surface area contributed by atoms with Crippen molar-refractivity contribution in [2.75, 3.05) is 25.6 Å². The average Bonchev–Trinajstić information content (AvgIpc) is 2.60. The maximum atomic E-state index is 11.9. The number of sulfonamides is 1. The van der Waals surface area contributed by atoms with Crippen LogP contribution in [0.3, 0.4) is 0 Å². The smallest absolute Gasteiger partial charge is 0.331 e. The molecule has 1 amide bonds. The van der Waals surface area contributed by atoms with Gasteiger partial charge < -0.3 is 14.8 Å². The Bertz CT molecular complexity index is 816. The number of carbonyl (C=O) groups excluding carboxylic acids is 3. The monoisotopic (exact) mass is 384 g/mol. The molecule has 2 N–H and O–H groups in total. The van der Waals surface area contributed by atoms with E-state index in [1.54, 1.807) is 13.8 Å². The molecule has 9 nitrogen and oxygen atoms in total. The molecule has 0 bridgehead atoms. The molecule has 0 aliphatic heterocycles. The number of hydrogen-bond acceptors (Lipinski definition) is 7. The van der Waals surface area contributed by atoms with Crippen molar-refractivity contribution < 1.29 is 32.3 Å². The molecule has 0 unspecified atom stereocenters. The summed E-state index contributed by atoms with van der Waals surface area (Å²) < 4.78 is 35.3. The van der Waals surface area contributed by atoms with Crippen LogP contribution in [0.1, 0.15) is 12.5 Å². The first-order valence-corrected chi connectivity index (χ1v) is 9.03. The number of rotatable bonds is 8. The normalized spacial score (nSPS) is 11.2.